The summed E-state index contributed by atoms with van der Waals surface area (Å²) in [5, 5.41) is 3.25. The molecular weight excluding hydrogens is 292 g/mol. The smallest absolute Gasteiger partial charge is 0.222 e. The van der Waals surface area contributed by atoms with Crippen molar-refractivity contribution < 1.29 is 13.2 Å². The third-order valence-electron chi connectivity index (χ3n) is 4.08. The van der Waals surface area contributed by atoms with Crippen molar-refractivity contribution in [1.82, 2.24) is 14.3 Å². The first-order chi connectivity index (χ1) is 9.97. The highest BCUT2D eigenvalue weighted by atomic mass is 32.2. The van der Waals surface area contributed by atoms with Crippen molar-refractivity contribution in [2.45, 2.75) is 30.9 Å². The van der Waals surface area contributed by atoms with Crippen LogP contribution in [0.2, 0.25) is 0 Å². The van der Waals surface area contributed by atoms with Gasteiger partial charge in [-0.25, -0.2) is 18.4 Å². The molecule has 1 spiro atoms. The molecule has 116 valence electrons. The summed E-state index contributed by atoms with van der Waals surface area (Å²) in [5.41, 5.74) is -0.367. The van der Waals surface area contributed by atoms with E-state index < -0.39 is 10.0 Å². The topological polar surface area (TPSA) is 84.4 Å². The van der Waals surface area contributed by atoms with E-state index in [-0.39, 0.29) is 11.6 Å². The van der Waals surface area contributed by atoms with Crippen molar-refractivity contribution in [1.29, 1.82) is 0 Å². The first kappa shape index (κ1) is 14.7. The molecule has 0 unspecified atom stereocenters. The van der Waals surface area contributed by atoms with E-state index in [2.05, 4.69) is 15.3 Å². The monoisotopic (exact) mass is 312 g/mol. The van der Waals surface area contributed by atoms with E-state index >= 15 is 0 Å². The molecular formula is C13H20N4O3S. The minimum Gasteiger partial charge on any atom is -0.371 e. The summed E-state index contributed by atoms with van der Waals surface area (Å²) in [7, 11) is -3.16. The lowest BCUT2D eigenvalue weighted by molar-refractivity contribution is -0.0328. The molecule has 21 heavy (non-hydrogen) atoms. The molecule has 2 fully saturated rings. The van der Waals surface area contributed by atoms with Gasteiger partial charge in [-0.3, -0.25) is 0 Å². The Hall–Kier alpha value is -1.25. The predicted octanol–water partition coefficient (Wildman–Crippen LogP) is 0.472. The van der Waals surface area contributed by atoms with E-state index in [1.165, 1.54) is 10.6 Å². The van der Waals surface area contributed by atoms with Crippen LogP contribution in [0.25, 0.3) is 0 Å². The molecule has 2 aliphatic rings. The zero-order valence-electron chi connectivity index (χ0n) is 12.0. The molecule has 0 saturated carbocycles. The van der Waals surface area contributed by atoms with E-state index in [1.807, 2.05) is 0 Å². The lowest BCUT2D eigenvalue weighted by atomic mass is 9.90. The molecule has 0 bridgehead atoms. The van der Waals surface area contributed by atoms with E-state index in [4.69, 9.17) is 4.74 Å². The van der Waals surface area contributed by atoms with Gasteiger partial charge < -0.3 is 10.1 Å². The lowest BCUT2D eigenvalue weighted by Crippen LogP contribution is -2.50. The minimum atomic E-state index is -3.16. The number of piperidine rings is 1. The Labute approximate surface area is 124 Å². The largest absolute Gasteiger partial charge is 0.371 e. The number of aromatic nitrogens is 2. The van der Waals surface area contributed by atoms with Crippen molar-refractivity contribution in [2.75, 3.05) is 31.3 Å². The third-order valence-corrected chi connectivity index (χ3v) is 5.33. The summed E-state index contributed by atoms with van der Waals surface area (Å²) in [4.78, 5) is 8.29. The molecule has 0 radical (unpaired) electrons. The first-order valence-corrected chi connectivity index (χ1v) is 8.94. The van der Waals surface area contributed by atoms with Gasteiger partial charge in [-0.05, 0) is 18.9 Å². The van der Waals surface area contributed by atoms with Gasteiger partial charge in [-0.15, -0.1) is 0 Å². The van der Waals surface area contributed by atoms with Crippen LogP contribution >= 0.6 is 0 Å². The highest BCUT2D eigenvalue weighted by Gasteiger charge is 2.45. The maximum Gasteiger partial charge on any atom is 0.222 e. The van der Waals surface area contributed by atoms with Crippen LogP contribution in [0.5, 0.6) is 0 Å². The van der Waals surface area contributed by atoms with Crippen LogP contribution in [-0.4, -0.2) is 60.3 Å². The molecule has 0 aromatic carbocycles. The van der Waals surface area contributed by atoms with E-state index in [0.717, 1.165) is 19.3 Å². The van der Waals surface area contributed by atoms with Gasteiger partial charge in [-0.2, -0.15) is 4.31 Å². The summed E-state index contributed by atoms with van der Waals surface area (Å²) < 4.78 is 31.0. The summed E-state index contributed by atoms with van der Waals surface area (Å²) in [5.74, 6) is 0.582. The van der Waals surface area contributed by atoms with Crippen LogP contribution in [-0.2, 0) is 14.8 Å². The van der Waals surface area contributed by atoms with Gasteiger partial charge in [0.2, 0.25) is 16.0 Å². The van der Waals surface area contributed by atoms with Crippen molar-refractivity contribution in [3.63, 3.8) is 0 Å². The van der Waals surface area contributed by atoms with E-state index in [9.17, 15) is 8.42 Å². The Kier molecular flexibility index (Phi) is 3.85. The molecule has 1 aromatic rings. The maximum atomic E-state index is 11.7. The van der Waals surface area contributed by atoms with Gasteiger partial charge in [0.05, 0.1) is 24.5 Å². The SMILES string of the molecule is CS(=O)(=O)N1CCC[C@@]2(C[C@@H](Nc3ncccn3)CO2)C1. The van der Waals surface area contributed by atoms with Crippen molar-refractivity contribution in [3.8, 4) is 0 Å². The molecule has 7 nitrogen and oxygen atoms in total. The number of hydrogen-bond acceptors (Lipinski definition) is 6. The normalized spacial score (nSPS) is 30.6. The molecule has 0 amide bonds. The van der Waals surface area contributed by atoms with Crippen LogP contribution in [0, 0.1) is 0 Å². The van der Waals surface area contributed by atoms with Crippen molar-refractivity contribution in [2.24, 2.45) is 0 Å². The molecule has 1 aromatic heterocycles. The third kappa shape index (κ3) is 3.33. The summed E-state index contributed by atoms with van der Waals surface area (Å²) in [6.45, 7) is 1.58. The average Bonchev–Trinajstić information content (AvgIpc) is 2.81. The molecule has 8 heteroatoms. The summed E-state index contributed by atoms with van der Waals surface area (Å²) >= 11 is 0. The Morgan fingerprint density at radius 2 is 2.19 bits per heavy atom. The predicted molar refractivity (Wildman–Crippen MR) is 78.4 cm³/mol. The fraction of sp³-hybridized carbons (Fsp3) is 0.692. The second-order valence-electron chi connectivity index (χ2n) is 5.81. The van der Waals surface area contributed by atoms with Crippen LogP contribution < -0.4 is 5.32 Å². The summed E-state index contributed by atoms with van der Waals surface area (Å²) in [6, 6.07) is 1.88. The van der Waals surface area contributed by atoms with Crippen LogP contribution in [0.3, 0.4) is 0 Å². The minimum absolute atomic E-state index is 0.118. The lowest BCUT2D eigenvalue weighted by Gasteiger charge is -2.38. The number of hydrogen-bond donors (Lipinski definition) is 1. The Morgan fingerprint density at radius 1 is 1.43 bits per heavy atom. The second kappa shape index (κ2) is 5.51. The van der Waals surface area contributed by atoms with Crippen molar-refractivity contribution in [3.05, 3.63) is 18.5 Å². The van der Waals surface area contributed by atoms with Crippen LogP contribution in [0.15, 0.2) is 18.5 Å². The van der Waals surface area contributed by atoms with Gasteiger partial charge >= 0.3 is 0 Å². The first-order valence-electron chi connectivity index (χ1n) is 7.10. The highest BCUT2D eigenvalue weighted by molar-refractivity contribution is 7.88. The number of anilines is 1. The number of sulfonamides is 1. The quantitative estimate of drug-likeness (QED) is 0.873. The fourth-order valence-corrected chi connectivity index (χ4v) is 4.05. The molecule has 2 saturated heterocycles. The van der Waals surface area contributed by atoms with Crippen molar-refractivity contribution >= 4 is 16.0 Å². The fourth-order valence-electron chi connectivity index (χ4n) is 3.12. The number of rotatable bonds is 3. The maximum absolute atomic E-state index is 11.7. The van der Waals surface area contributed by atoms with Crippen LogP contribution in [0.1, 0.15) is 19.3 Å². The zero-order chi connectivity index (χ0) is 14.9. The number of nitrogens with one attached hydrogen (secondary N) is 1. The molecule has 2 aliphatic heterocycles. The molecule has 3 rings (SSSR count). The van der Waals surface area contributed by atoms with Gasteiger partial charge in [-0.1, -0.05) is 0 Å². The van der Waals surface area contributed by atoms with Crippen LogP contribution in [0.4, 0.5) is 5.95 Å². The second-order valence-corrected chi connectivity index (χ2v) is 7.79. The Morgan fingerprint density at radius 3 is 2.90 bits per heavy atom. The summed E-state index contributed by atoms with van der Waals surface area (Å²) in [6.07, 6.45) is 7.14. The number of nitrogens with zero attached hydrogens (tertiary/aromatic N) is 3. The van der Waals surface area contributed by atoms with E-state index in [0.29, 0.717) is 25.6 Å². The Balaban J connectivity index is 1.65. The standard InChI is InChI=1S/C13H20N4O3S/c1-21(18,19)17-7-2-4-13(10-17)8-11(9-20-13)16-12-14-5-3-6-15-12/h3,5-6,11H,2,4,7-10H2,1H3,(H,14,15,16)/t11-,13-/m1/s1. The average molecular weight is 312 g/mol. The van der Waals surface area contributed by atoms with Gasteiger partial charge in [0, 0.05) is 31.9 Å². The number of ether oxygens (including phenoxy) is 1. The molecule has 2 atom stereocenters. The molecule has 0 aliphatic carbocycles. The molecule has 3 heterocycles. The Bertz CT molecular complexity index is 595. The molecule has 1 N–H and O–H groups in total. The van der Waals surface area contributed by atoms with Gasteiger partial charge in [0.15, 0.2) is 0 Å². The van der Waals surface area contributed by atoms with Gasteiger partial charge in [0.25, 0.3) is 0 Å². The van der Waals surface area contributed by atoms with Gasteiger partial charge in [0.1, 0.15) is 0 Å². The van der Waals surface area contributed by atoms with E-state index in [1.54, 1.807) is 18.5 Å². The zero-order valence-corrected chi connectivity index (χ0v) is 12.8. The highest BCUT2D eigenvalue weighted by Crippen LogP contribution is 2.36.